The quantitative estimate of drug-likeness (QED) is 0.0272. The van der Waals surface area contributed by atoms with Gasteiger partial charge in [-0.05, 0) is 12.8 Å². The van der Waals surface area contributed by atoms with Crippen molar-refractivity contribution in [3.8, 4) is 0 Å². The number of nitrogens with one attached hydrogen (secondary N) is 1. The van der Waals surface area contributed by atoms with Crippen LogP contribution >= 0.6 is 7.82 Å². The molecule has 0 aromatic heterocycles. The molecule has 0 aliphatic carbocycles. The highest BCUT2D eigenvalue weighted by atomic mass is 31.2. The zero-order valence-electron chi connectivity index (χ0n) is 31.7. The number of phosphoric ester groups is 1. The number of esters is 1. The first kappa shape index (κ1) is 48.5. The Morgan fingerprint density at radius 3 is 1.32 bits per heavy atom. The first-order chi connectivity index (χ1) is 24.1. The zero-order valence-corrected chi connectivity index (χ0v) is 32.6. The Kier molecular flexibility index (Phi) is 33.5. The Balaban J connectivity index is 3.86. The lowest BCUT2D eigenvalue weighted by Gasteiger charge is -2.18. The summed E-state index contributed by atoms with van der Waals surface area (Å²) in [6.07, 6.45) is 30.0. The summed E-state index contributed by atoms with van der Waals surface area (Å²) in [5.74, 6) is -2.36. The van der Waals surface area contributed by atoms with Crippen LogP contribution in [0.3, 0.4) is 0 Å². The number of aliphatic carboxylic acids is 1. The molecular formula is C38H74NO10P. The lowest BCUT2D eigenvalue weighted by Crippen LogP contribution is -2.43. The molecule has 0 saturated heterocycles. The van der Waals surface area contributed by atoms with Gasteiger partial charge in [-0.25, -0.2) is 9.36 Å². The minimum Gasteiger partial charge on any atom is -0.480 e. The summed E-state index contributed by atoms with van der Waals surface area (Å²) in [7, 11) is -4.74. The van der Waals surface area contributed by atoms with Crippen LogP contribution in [0.2, 0.25) is 0 Å². The van der Waals surface area contributed by atoms with Crippen LogP contribution in [-0.2, 0) is 32.7 Å². The van der Waals surface area contributed by atoms with E-state index in [0.717, 1.165) is 38.5 Å². The molecule has 11 nitrogen and oxygen atoms in total. The molecule has 296 valence electrons. The van der Waals surface area contributed by atoms with Crippen molar-refractivity contribution in [1.82, 2.24) is 5.32 Å². The van der Waals surface area contributed by atoms with E-state index < -0.39 is 57.6 Å². The maximum absolute atomic E-state index is 12.2. The van der Waals surface area contributed by atoms with E-state index in [0.29, 0.717) is 12.8 Å². The van der Waals surface area contributed by atoms with E-state index in [2.05, 4.69) is 19.2 Å². The summed E-state index contributed by atoms with van der Waals surface area (Å²) in [5.41, 5.74) is 0. The summed E-state index contributed by atoms with van der Waals surface area (Å²) >= 11 is 0. The second kappa shape index (κ2) is 34.6. The van der Waals surface area contributed by atoms with Gasteiger partial charge in [0.05, 0.1) is 13.2 Å². The molecule has 0 spiro atoms. The van der Waals surface area contributed by atoms with Gasteiger partial charge in [0.2, 0.25) is 5.91 Å². The number of carbonyl (C=O) groups excluding carboxylic acids is 2. The Bertz CT molecular complexity index is 875. The van der Waals surface area contributed by atoms with Crippen molar-refractivity contribution in [2.75, 3.05) is 19.8 Å². The predicted molar refractivity (Wildman–Crippen MR) is 199 cm³/mol. The van der Waals surface area contributed by atoms with Crippen LogP contribution in [0.15, 0.2) is 0 Å². The number of ether oxygens (including phenoxy) is 1. The number of hydrogen-bond donors (Lipinski definition) is 4. The largest absolute Gasteiger partial charge is 0.480 e. The van der Waals surface area contributed by atoms with Gasteiger partial charge in [-0.15, -0.1) is 0 Å². The third-order valence-electron chi connectivity index (χ3n) is 8.90. The van der Waals surface area contributed by atoms with Gasteiger partial charge < -0.3 is 25.2 Å². The third kappa shape index (κ3) is 33.6. The van der Waals surface area contributed by atoms with Gasteiger partial charge >= 0.3 is 19.8 Å². The molecule has 0 rings (SSSR count). The lowest BCUT2D eigenvalue weighted by atomic mass is 10.0. The lowest BCUT2D eigenvalue weighted by molar-refractivity contribution is -0.147. The number of unbranched alkanes of at least 4 members (excludes halogenated alkanes) is 24. The Morgan fingerprint density at radius 1 is 0.560 bits per heavy atom. The number of carboxylic acids is 1. The minimum atomic E-state index is -4.74. The van der Waals surface area contributed by atoms with E-state index in [1.807, 2.05) is 0 Å². The summed E-state index contributed by atoms with van der Waals surface area (Å²) in [6.45, 7) is 2.56. The molecular weight excluding hydrogens is 661 g/mol. The normalized spacial score (nSPS) is 13.8. The summed E-state index contributed by atoms with van der Waals surface area (Å²) in [5, 5.41) is 21.7. The molecule has 1 amide bonds. The molecule has 0 radical (unpaired) electrons. The van der Waals surface area contributed by atoms with E-state index >= 15 is 0 Å². The van der Waals surface area contributed by atoms with Crippen LogP contribution in [0.25, 0.3) is 0 Å². The highest BCUT2D eigenvalue weighted by Gasteiger charge is 2.28. The molecule has 50 heavy (non-hydrogen) atoms. The molecule has 3 atom stereocenters. The van der Waals surface area contributed by atoms with Crippen LogP contribution in [0, 0.1) is 0 Å². The molecule has 0 heterocycles. The third-order valence-corrected chi connectivity index (χ3v) is 9.85. The van der Waals surface area contributed by atoms with E-state index in [9.17, 15) is 34.1 Å². The number of rotatable bonds is 38. The maximum Gasteiger partial charge on any atom is 0.472 e. The highest BCUT2D eigenvalue weighted by Crippen LogP contribution is 2.43. The van der Waals surface area contributed by atoms with E-state index in [-0.39, 0.29) is 12.8 Å². The van der Waals surface area contributed by atoms with Gasteiger partial charge in [0, 0.05) is 12.8 Å². The summed E-state index contributed by atoms with van der Waals surface area (Å²) < 4.78 is 26.7. The second-order valence-corrected chi connectivity index (χ2v) is 15.3. The van der Waals surface area contributed by atoms with Crippen molar-refractivity contribution < 1.29 is 47.8 Å². The Morgan fingerprint density at radius 2 is 0.920 bits per heavy atom. The van der Waals surface area contributed by atoms with Crippen molar-refractivity contribution in [3.63, 3.8) is 0 Å². The van der Waals surface area contributed by atoms with Gasteiger partial charge in [-0.1, -0.05) is 168 Å². The van der Waals surface area contributed by atoms with Crippen LogP contribution in [0.4, 0.5) is 0 Å². The van der Waals surface area contributed by atoms with Crippen molar-refractivity contribution >= 4 is 25.7 Å². The molecule has 0 fully saturated rings. The molecule has 0 aliphatic rings. The van der Waals surface area contributed by atoms with Gasteiger partial charge in [0.25, 0.3) is 0 Å². The van der Waals surface area contributed by atoms with Gasteiger partial charge in [-0.2, -0.15) is 0 Å². The minimum absolute atomic E-state index is 0.150. The first-order valence-electron chi connectivity index (χ1n) is 20.1. The second-order valence-electron chi connectivity index (χ2n) is 13.8. The fourth-order valence-electron chi connectivity index (χ4n) is 5.73. The molecule has 0 saturated carbocycles. The average molecular weight is 736 g/mol. The van der Waals surface area contributed by atoms with Crippen molar-refractivity contribution in [3.05, 3.63) is 0 Å². The fourth-order valence-corrected chi connectivity index (χ4v) is 6.50. The van der Waals surface area contributed by atoms with Crippen LogP contribution in [-0.4, -0.2) is 64.9 Å². The van der Waals surface area contributed by atoms with Crippen molar-refractivity contribution in [1.29, 1.82) is 0 Å². The van der Waals surface area contributed by atoms with Crippen molar-refractivity contribution in [2.45, 2.75) is 206 Å². The smallest absolute Gasteiger partial charge is 0.472 e. The van der Waals surface area contributed by atoms with Crippen LogP contribution in [0.1, 0.15) is 194 Å². The zero-order chi connectivity index (χ0) is 37.1. The van der Waals surface area contributed by atoms with E-state index in [4.69, 9.17) is 13.8 Å². The number of carbonyl (C=O) groups is 3. The van der Waals surface area contributed by atoms with E-state index in [1.165, 1.54) is 116 Å². The highest BCUT2D eigenvalue weighted by molar-refractivity contribution is 7.47. The van der Waals surface area contributed by atoms with Gasteiger partial charge in [0.1, 0.15) is 12.7 Å². The standard InChI is InChI=1S/C38H74NO10P/c1-3-5-7-9-11-13-14-15-16-17-18-19-20-22-24-26-28-30-37(42)47-31-34(40)32-48-50(45,46)49-33-35(38(43)44)39-36(41)29-27-25-23-21-12-10-8-6-4-2/h34-35,40H,3-33H2,1-2H3,(H,39,41)(H,43,44)(H,45,46). The van der Waals surface area contributed by atoms with Crippen LogP contribution in [0.5, 0.6) is 0 Å². The predicted octanol–water partition coefficient (Wildman–Crippen LogP) is 9.56. The SMILES string of the molecule is CCCCCCCCCCCCCCCCCCCC(=O)OCC(O)COP(=O)(O)OCC(NC(=O)CCCCCCCCCCC)C(=O)O. The summed E-state index contributed by atoms with van der Waals surface area (Å²) in [4.78, 5) is 45.6. The number of amides is 1. The summed E-state index contributed by atoms with van der Waals surface area (Å²) in [6, 6.07) is -1.54. The first-order valence-corrected chi connectivity index (χ1v) is 21.6. The Hall–Kier alpha value is -1.52. The van der Waals surface area contributed by atoms with Crippen molar-refractivity contribution in [2.24, 2.45) is 0 Å². The monoisotopic (exact) mass is 736 g/mol. The Labute approximate surface area is 304 Å². The molecule has 4 N–H and O–H groups in total. The molecule has 0 aromatic carbocycles. The average Bonchev–Trinajstić information content (AvgIpc) is 3.08. The van der Waals surface area contributed by atoms with Gasteiger partial charge in [0.15, 0.2) is 6.04 Å². The number of hydrogen-bond acceptors (Lipinski definition) is 8. The molecule has 0 bridgehead atoms. The number of aliphatic hydroxyl groups excluding tert-OH is 1. The van der Waals surface area contributed by atoms with Gasteiger partial charge in [-0.3, -0.25) is 18.6 Å². The topological polar surface area (TPSA) is 169 Å². The molecule has 0 aromatic rings. The fraction of sp³-hybridized carbons (Fsp3) is 0.921. The number of carboxylic acid groups (broad SMARTS) is 1. The number of phosphoric acid groups is 1. The molecule has 3 unspecified atom stereocenters. The maximum atomic E-state index is 12.2. The number of aliphatic hydroxyl groups is 1. The molecule has 0 aliphatic heterocycles. The van der Waals surface area contributed by atoms with E-state index in [1.54, 1.807) is 0 Å². The molecule has 12 heteroatoms. The van der Waals surface area contributed by atoms with Crippen LogP contribution < -0.4 is 5.32 Å².